The minimum atomic E-state index is 0.400. The fourth-order valence-corrected chi connectivity index (χ4v) is 1.80. The van der Waals surface area contributed by atoms with Gasteiger partial charge in [0.15, 0.2) is 0 Å². The molecule has 0 saturated carbocycles. The number of rotatable bonds is 3. The van der Waals surface area contributed by atoms with Crippen molar-refractivity contribution in [3.63, 3.8) is 0 Å². The number of methoxy groups -OCH3 is 1. The van der Waals surface area contributed by atoms with Crippen molar-refractivity contribution in [2.75, 3.05) is 12.8 Å². The van der Waals surface area contributed by atoms with Crippen molar-refractivity contribution >= 4 is 5.82 Å². The molecule has 2 aromatic heterocycles. The van der Waals surface area contributed by atoms with Crippen molar-refractivity contribution in [2.24, 2.45) is 0 Å². The Bertz CT molecular complexity index is 739. The van der Waals surface area contributed by atoms with E-state index in [4.69, 9.17) is 15.0 Å². The first-order chi connectivity index (χ1) is 9.76. The van der Waals surface area contributed by atoms with Crippen LogP contribution in [-0.2, 0) is 0 Å². The number of hydrogen-bond donors (Lipinski definition) is 1. The molecule has 0 amide bonds. The highest BCUT2D eigenvalue weighted by atomic mass is 16.5. The van der Waals surface area contributed by atoms with Crippen LogP contribution in [0.15, 0.2) is 47.1 Å². The van der Waals surface area contributed by atoms with Gasteiger partial charge in [-0.05, 0) is 24.3 Å². The van der Waals surface area contributed by atoms with Crippen LogP contribution < -0.4 is 10.5 Å². The molecule has 0 spiro atoms. The van der Waals surface area contributed by atoms with Gasteiger partial charge in [-0.25, -0.2) is 4.98 Å². The lowest BCUT2D eigenvalue weighted by atomic mass is 10.2. The van der Waals surface area contributed by atoms with Crippen LogP contribution in [0.1, 0.15) is 0 Å². The van der Waals surface area contributed by atoms with Crippen molar-refractivity contribution in [3.05, 3.63) is 42.6 Å². The van der Waals surface area contributed by atoms with E-state index in [9.17, 15) is 0 Å². The SMILES string of the molecule is COc1cccc(-c2noc(-c3ccnc(N)c3)n2)c1. The lowest BCUT2D eigenvalue weighted by Gasteiger charge is -1.99. The molecule has 100 valence electrons. The normalized spacial score (nSPS) is 10.4. The first-order valence-corrected chi connectivity index (χ1v) is 5.96. The van der Waals surface area contributed by atoms with Gasteiger partial charge in [0.05, 0.1) is 7.11 Å². The predicted molar refractivity (Wildman–Crippen MR) is 73.9 cm³/mol. The van der Waals surface area contributed by atoms with Gasteiger partial charge >= 0.3 is 0 Å². The van der Waals surface area contributed by atoms with E-state index < -0.39 is 0 Å². The number of hydrogen-bond acceptors (Lipinski definition) is 6. The average molecular weight is 268 g/mol. The largest absolute Gasteiger partial charge is 0.497 e. The Hall–Kier alpha value is -2.89. The van der Waals surface area contributed by atoms with Crippen LogP contribution in [0.5, 0.6) is 5.75 Å². The summed E-state index contributed by atoms with van der Waals surface area (Å²) in [6.07, 6.45) is 1.60. The van der Waals surface area contributed by atoms with E-state index in [1.165, 1.54) is 0 Å². The molecule has 3 aromatic rings. The summed E-state index contributed by atoms with van der Waals surface area (Å²) < 4.78 is 10.4. The van der Waals surface area contributed by atoms with Gasteiger partial charge in [-0.2, -0.15) is 4.98 Å². The second kappa shape index (κ2) is 5.00. The quantitative estimate of drug-likeness (QED) is 0.784. The van der Waals surface area contributed by atoms with Crippen LogP contribution >= 0.6 is 0 Å². The van der Waals surface area contributed by atoms with Crippen molar-refractivity contribution < 1.29 is 9.26 Å². The summed E-state index contributed by atoms with van der Waals surface area (Å²) in [5.74, 6) is 2.04. The second-order valence-corrected chi connectivity index (χ2v) is 4.12. The van der Waals surface area contributed by atoms with Gasteiger partial charge in [-0.1, -0.05) is 17.3 Å². The van der Waals surface area contributed by atoms with E-state index in [-0.39, 0.29) is 0 Å². The standard InChI is InChI=1S/C14H12N4O2/c1-19-11-4-2-3-9(7-11)13-17-14(20-18-13)10-5-6-16-12(15)8-10/h2-8H,1H3,(H2,15,16). The summed E-state index contributed by atoms with van der Waals surface area (Å²) in [4.78, 5) is 8.27. The topological polar surface area (TPSA) is 87.1 Å². The molecule has 0 aliphatic heterocycles. The molecule has 0 atom stereocenters. The maximum absolute atomic E-state index is 5.63. The van der Waals surface area contributed by atoms with Crippen LogP contribution in [-0.4, -0.2) is 22.2 Å². The summed E-state index contributed by atoms with van der Waals surface area (Å²) in [6, 6.07) is 10.9. The monoisotopic (exact) mass is 268 g/mol. The van der Waals surface area contributed by atoms with Gasteiger partial charge in [0, 0.05) is 17.3 Å². The molecular formula is C14H12N4O2. The molecule has 6 heteroatoms. The second-order valence-electron chi connectivity index (χ2n) is 4.12. The molecule has 0 bridgehead atoms. The first kappa shape index (κ1) is 12.2. The molecule has 0 fully saturated rings. The molecule has 20 heavy (non-hydrogen) atoms. The lowest BCUT2D eigenvalue weighted by molar-refractivity contribution is 0.414. The fraction of sp³-hybridized carbons (Fsp3) is 0.0714. The molecule has 0 saturated heterocycles. The number of anilines is 1. The summed E-state index contributed by atoms with van der Waals surface area (Å²) >= 11 is 0. The summed E-state index contributed by atoms with van der Waals surface area (Å²) in [5, 5.41) is 3.96. The van der Waals surface area contributed by atoms with Crippen molar-refractivity contribution in [2.45, 2.75) is 0 Å². The maximum atomic E-state index is 5.63. The van der Waals surface area contributed by atoms with E-state index in [0.717, 1.165) is 16.9 Å². The lowest BCUT2D eigenvalue weighted by Crippen LogP contribution is -1.89. The Balaban J connectivity index is 1.97. The Kier molecular flexibility index (Phi) is 3.04. The van der Waals surface area contributed by atoms with Crippen molar-refractivity contribution in [3.8, 4) is 28.6 Å². The minimum absolute atomic E-state index is 0.400. The van der Waals surface area contributed by atoms with Gasteiger partial charge in [-0.15, -0.1) is 0 Å². The Labute approximate surface area is 115 Å². The van der Waals surface area contributed by atoms with E-state index in [1.54, 1.807) is 25.4 Å². The van der Waals surface area contributed by atoms with Crippen LogP contribution in [0.25, 0.3) is 22.8 Å². The molecule has 2 heterocycles. The Morgan fingerprint density at radius 1 is 1.15 bits per heavy atom. The molecule has 0 aliphatic rings. The van der Waals surface area contributed by atoms with Crippen LogP contribution in [0.4, 0.5) is 5.82 Å². The summed E-state index contributed by atoms with van der Waals surface area (Å²) in [5.41, 5.74) is 7.19. The van der Waals surface area contributed by atoms with Crippen molar-refractivity contribution in [1.82, 2.24) is 15.1 Å². The number of ether oxygens (including phenoxy) is 1. The van der Waals surface area contributed by atoms with E-state index >= 15 is 0 Å². The van der Waals surface area contributed by atoms with Crippen LogP contribution in [0, 0.1) is 0 Å². The van der Waals surface area contributed by atoms with E-state index in [2.05, 4.69) is 15.1 Å². The number of nitrogen functional groups attached to an aromatic ring is 1. The highest BCUT2D eigenvalue weighted by molar-refractivity contribution is 5.62. The zero-order chi connectivity index (χ0) is 13.9. The van der Waals surface area contributed by atoms with Crippen LogP contribution in [0.3, 0.4) is 0 Å². The molecule has 6 nitrogen and oxygen atoms in total. The average Bonchev–Trinajstić information content (AvgIpc) is 2.97. The smallest absolute Gasteiger partial charge is 0.258 e. The highest BCUT2D eigenvalue weighted by Gasteiger charge is 2.11. The van der Waals surface area contributed by atoms with Gasteiger partial charge in [-0.3, -0.25) is 0 Å². The summed E-state index contributed by atoms with van der Waals surface area (Å²) in [7, 11) is 1.61. The van der Waals surface area contributed by atoms with Gasteiger partial charge in [0.2, 0.25) is 5.82 Å². The molecular weight excluding hydrogens is 256 g/mol. The molecule has 1 aromatic carbocycles. The third kappa shape index (κ3) is 2.31. The van der Waals surface area contributed by atoms with E-state index in [1.807, 2.05) is 24.3 Å². The molecule has 0 unspecified atom stereocenters. The van der Waals surface area contributed by atoms with Gasteiger partial charge < -0.3 is 15.0 Å². The Morgan fingerprint density at radius 3 is 2.85 bits per heavy atom. The molecule has 3 rings (SSSR count). The zero-order valence-corrected chi connectivity index (χ0v) is 10.8. The van der Waals surface area contributed by atoms with Gasteiger partial charge in [0.1, 0.15) is 11.6 Å². The fourth-order valence-electron chi connectivity index (χ4n) is 1.80. The minimum Gasteiger partial charge on any atom is -0.497 e. The Morgan fingerprint density at radius 2 is 2.05 bits per heavy atom. The summed E-state index contributed by atoms with van der Waals surface area (Å²) in [6.45, 7) is 0. The van der Waals surface area contributed by atoms with E-state index in [0.29, 0.717) is 17.5 Å². The molecule has 2 N–H and O–H groups in total. The number of aromatic nitrogens is 3. The molecule has 0 radical (unpaired) electrons. The predicted octanol–water partition coefficient (Wildman–Crippen LogP) is 2.39. The third-order valence-electron chi connectivity index (χ3n) is 2.78. The molecule has 0 aliphatic carbocycles. The number of pyridine rings is 1. The van der Waals surface area contributed by atoms with Crippen LogP contribution in [0.2, 0.25) is 0 Å². The number of benzene rings is 1. The number of nitrogens with two attached hydrogens (primary N) is 1. The third-order valence-corrected chi connectivity index (χ3v) is 2.78. The van der Waals surface area contributed by atoms with Gasteiger partial charge in [0.25, 0.3) is 5.89 Å². The van der Waals surface area contributed by atoms with Crippen molar-refractivity contribution in [1.29, 1.82) is 0 Å². The number of nitrogens with zero attached hydrogens (tertiary/aromatic N) is 3. The zero-order valence-electron chi connectivity index (χ0n) is 10.8. The first-order valence-electron chi connectivity index (χ1n) is 5.96. The maximum Gasteiger partial charge on any atom is 0.258 e. The highest BCUT2D eigenvalue weighted by Crippen LogP contribution is 2.25.